The van der Waals surface area contributed by atoms with Gasteiger partial charge in [0, 0.05) is 17.8 Å². The number of amides is 3. The molecule has 0 aliphatic carbocycles. The number of aromatic nitrogens is 4. The summed E-state index contributed by atoms with van der Waals surface area (Å²) in [5, 5.41) is 16.6. The van der Waals surface area contributed by atoms with E-state index in [0.717, 1.165) is 12.1 Å². The van der Waals surface area contributed by atoms with Crippen LogP contribution in [0.3, 0.4) is 0 Å². The molecule has 3 heterocycles. The van der Waals surface area contributed by atoms with Crippen molar-refractivity contribution in [2.24, 2.45) is 0 Å². The Kier molecular flexibility index (Phi) is 4.24. The van der Waals surface area contributed by atoms with E-state index in [1.54, 1.807) is 47.4 Å². The predicted octanol–water partition coefficient (Wildman–Crippen LogP) is 1.47. The molecule has 0 radical (unpaired) electrons. The van der Waals surface area contributed by atoms with E-state index in [1.807, 2.05) is 0 Å². The average molecular weight is 403 g/mol. The normalized spacial score (nSPS) is 17.7. The molecule has 1 aromatic heterocycles. The summed E-state index contributed by atoms with van der Waals surface area (Å²) in [7, 11) is 0. The van der Waals surface area contributed by atoms with E-state index >= 15 is 0 Å². The van der Waals surface area contributed by atoms with Gasteiger partial charge in [0.2, 0.25) is 5.91 Å². The summed E-state index contributed by atoms with van der Waals surface area (Å²) < 4.78 is 1.49. The van der Waals surface area contributed by atoms with Crippen LogP contribution < -0.4 is 10.6 Å². The minimum Gasteiger partial charge on any atom is -0.327 e. The quantitative estimate of drug-likeness (QED) is 0.683. The zero-order chi connectivity index (χ0) is 20.7. The Morgan fingerprint density at radius 1 is 1.13 bits per heavy atom. The number of fused-ring (bicyclic) bond motifs is 2. The van der Waals surface area contributed by atoms with Crippen LogP contribution in [0.25, 0.3) is 5.69 Å². The molecular formula is C20H17N7O3. The third-order valence-corrected chi connectivity index (χ3v) is 5.33. The molecule has 2 aliphatic rings. The van der Waals surface area contributed by atoms with Gasteiger partial charge in [-0.2, -0.15) is 0 Å². The van der Waals surface area contributed by atoms with Gasteiger partial charge in [0.1, 0.15) is 12.4 Å². The first kappa shape index (κ1) is 18.0. The second-order valence-electron chi connectivity index (χ2n) is 7.16. The van der Waals surface area contributed by atoms with Crippen molar-refractivity contribution in [2.75, 3.05) is 17.2 Å². The Labute approximate surface area is 170 Å². The topological polar surface area (TPSA) is 122 Å². The molecule has 10 nitrogen and oxygen atoms in total. The molecule has 1 atom stereocenters. The number of anilines is 2. The number of carbonyl (C=O) groups excluding carboxylic acids is 3. The van der Waals surface area contributed by atoms with E-state index in [9.17, 15) is 14.4 Å². The standard InChI is InChI=1S/C20H17N7O3/c28-18(12-3-6-14(7-4-12)27-11-21-24-25-27)22-13-5-8-16-15(10-13)20(30)26-9-1-2-17(26)19(29)23-16/h3-8,10-11,17H,1-2,9H2,(H,22,28)(H,23,29)/t17-/m0/s1. The third-order valence-electron chi connectivity index (χ3n) is 5.33. The lowest BCUT2D eigenvalue weighted by molar-refractivity contribution is -0.119. The summed E-state index contributed by atoms with van der Waals surface area (Å²) in [5.74, 6) is -0.686. The summed E-state index contributed by atoms with van der Waals surface area (Å²) >= 11 is 0. The van der Waals surface area contributed by atoms with Crippen molar-refractivity contribution in [3.05, 3.63) is 59.9 Å². The Bertz CT molecular complexity index is 1140. The fourth-order valence-corrected chi connectivity index (χ4v) is 3.81. The van der Waals surface area contributed by atoms with Crippen molar-refractivity contribution in [1.82, 2.24) is 25.1 Å². The fourth-order valence-electron chi connectivity index (χ4n) is 3.81. The molecule has 30 heavy (non-hydrogen) atoms. The molecule has 0 spiro atoms. The van der Waals surface area contributed by atoms with Crippen molar-refractivity contribution in [2.45, 2.75) is 18.9 Å². The van der Waals surface area contributed by atoms with Gasteiger partial charge in [-0.3, -0.25) is 14.4 Å². The Hall–Kier alpha value is -4.08. The van der Waals surface area contributed by atoms with Crippen LogP contribution in [0.4, 0.5) is 11.4 Å². The van der Waals surface area contributed by atoms with Crippen LogP contribution in [-0.4, -0.2) is 55.4 Å². The molecular weight excluding hydrogens is 386 g/mol. The van der Waals surface area contributed by atoms with Crippen molar-refractivity contribution in [1.29, 1.82) is 0 Å². The molecule has 0 saturated carbocycles. The van der Waals surface area contributed by atoms with Gasteiger partial charge in [0.15, 0.2) is 0 Å². The Balaban J connectivity index is 1.37. The SMILES string of the molecule is O=C(Nc1ccc2c(c1)C(=O)N1CCC[C@H]1C(=O)N2)c1ccc(-n2cnnn2)cc1. The number of carbonyl (C=O) groups is 3. The van der Waals surface area contributed by atoms with E-state index in [4.69, 9.17) is 0 Å². The molecule has 1 fully saturated rings. The summed E-state index contributed by atoms with van der Waals surface area (Å²) in [4.78, 5) is 39.5. The van der Waals surface area contributed by atoms with E-state index in [1.165, 1.54) is 11.0 Å². The summed E-state index contributed by atoms with van der Waals surface area (Å²) in [6.45, 7) is 0.556. The minimum atomic E-state index is -0.429. The number of hydrogen-bond acceptors (Lipinski definition) is 6. The van der Waals surface area contributed by atoms with E-state index < -0.39 is 6.04 Å². The average Bonchev–Trinajstić information content (AvgIpc) is 3.45. The first-order chi connectivity index (χ1) is 14.6. The van der Waals surface area contributed by atoms with Crippen LogP contribution >= 0.6 is 0 Å². The molecule has 150 valence electrons. The van der Waals surface area contributed by atoms with Gasteiger partial charge in [0.25, 0.3) is 11.8 Å². The first-order valence-electron chi connectivity index (χ1n) is 9.51. The summed E-state index contributed by atoms with van der Waals surface area (Å²) in [6, 6.07) is 11.3. The van der Waals surface area contributed by atoms with Crippen molar-refractivity contribution in [3.63, 3.8) is 0 Å². The zero-order valence-electron chi connectivity index (χ0n) is 15.8. The highest BCUT2D eigenvalue weighted by Gasteiger charge is 2.38. The lowest BCUT2D eigenvalue weighted by Crippen LogP contribution is -2.40. The van der Waals surface area contributed by atoms with Gasteiger partial charge in [0.05, 0.1) is 16.9 Å². The molecule has 2 N–H and O–H groups in total. The highest BCUT2D eigenvalue weighted by atomic mass is 16.2. The van der Waals surface area contributed by atoms with Crippen LogP contribution in [-0.2, 0) is 4.79 Å². The maximum absolute atomic E-state index is 12.9. The van der Waals surface area contributed by atoms with Crippen LogP contribution in [0, 0.1) is 0 Å². The number of nitrogens with zero attached hydrogens (tertiary/aromatic N) is 5. The number of nitrogens with one attached hydrogen (secondary N) is 2. The monoisotopic (exact) mass is 403 g/mol. The van der Waals surface area contributed by atoms with Crippen molar-refractivity contribution >= 4 is 29.1 Å². The molecule has 0 bridgehead atoms. The van der Waals surface area contributed by atoms with Crippen LogP contribution in [0.15, 0.2) is 48.8 Å². The van der Waals surface area contributed by atoms with Crippen molar-refractivity contribution < 1.29 is 14.4 Å². The molecule has 2 aromatic carbocycles. The largest absolute Gasteiger partial charge is 0.327 e. The Morgan fingerprint density at radius 2 is 1.97 bits per heavy atom. The first-order valence-corrected chi connectivity index (χ1v) is 9.51. The lowest BCUT2D eigenvalue weighted by atomic mass is 10.1. The highest BCUT2D eigenvalue weighted by molar-refractivity contribution is 6.11. The molecule has 5 rings (SSSR count). The number of tetrazole rings is 1. The second kappa shape index (κ2) is 7.07. The molecule has 1 saturated heterocycles. The van der Waals surface area contributed by atoms with Gasteiger partial charge in [-0.15, -0.1) is 5.10 Å². The maximum atomic E-state index is 12.9. The Morgan fingerprint density at radius 3 is 2.73 bits per heavy atom. The smallest absolute Gasteiger partial charge is 0.256 e. The minimum absolute atomic E-state index is 0.168. The van der Waals surface area contributed by atoms with Gasteiger partial charge in [-0.1, -0.05) is 0 Å². The number of benzene rings is 2. The molecule has 0 unspecified atom stereocenters. The van der Waals surface area contributed by atoms with Crippen LogP contribution in [0.1, 0.15) is 33.6 Å². The maximum Gasteiger partial charge on any atom is 0.256 e. The molecule has 2 aliphatic heterocycles. The fraction of sp³-hybridized carbons (Fsp3) is 0.200. The molecule has 10 heteroatoms. The van der Waals surface area contributed by atoms with Crippen LogP contribution in [0.2, 0.25) is 0 Å². The lowest BCUT2D eigenvalue weighted by Gasteiger charge is -2.20. The van der Waals surface area contributed by atoms with E-state index in [2.05, 4.69) is 26.2 Å². The van der Waals surface area contributed by atoms with Gasteiger partial charge in [-0.25, -0.2) is 4.68 Å². The van der Waals surface area contributed by atoms with Gasteiger partial charge in [-0.05, 0) is 65.7 Å². The van der Waals surface area contributed by atoms with Gasteiger partial charge >= 0.3 is 0 Å². The zero-order valence-corrected chi connectivity index (χ0v) is 15.8. The third kappa shape index (κ3) is 3.08. The van der Waals surface area contributed by atoms with Gasteiger partial charge < -0.3 is 15.5 Å². The highest BCUT2D eigenvalue weighted by Crippen LogP contribution is 2.30. The molecule has 3 aromatic rings. The number of rotatable bonds is 3. The predicted molar refractivity (Wildman–Crippen MR) is 106 cm³/mol. The molecule has 3 amide bonds. The van der Waals surface area contributed by atoms with Crippen LogP contribution in [0.5, 0.6) is 0 Å². The van der Waals surface area contributed by atoms with E-state index in [0.29, 0.717) is 35.5 Å². The number of hydrogen-bond donors (Lipinski definition) is 2. The summed E-state index contributed by atoms with van der Waals surface area (Å²) in [5.41, 5.74) is 2.48. The summed E-state index contributed by atoms with van der Waals surface area (Å²) in [6.07, 6.45) is 2.93. The second-order valence-corrected chi connectivity index (χ2v) is 7.16. The van der Waals surface area contributed by atoms with E-state index in [-0.39, 0.29) is 17.7 Å². The van der Waals surface area contributed by atoms with Crippen molar-refractivity contribution in [3.8, 4) is 5.69 Å².